The number of hydrogen-bond donors (Lipinski definition) is 0. The van der Waals surface area contributed by atoms with Crippen LogP contribution in [0.25, 0.3) is 0 Å². The van der Waals surface area contributed by atoms with Gasteiger partial charge in [-0.05, 0) is 19.1 Å². The van der Waals surface area contributed by atoms with Crippen molar-refractivity contribution in [2.24, 2.45) is 0 Å². The number of rotatable bonds is 5. The van der Waals surface area contributed by atoms with Crippen LogP contribution in [0.3, 0.4) is 0 Å². The van der Waals surface area contributed by atoms with Crippen molar-refractivity contribution in [1.29, 1.82) is 0 Å². The van der Waals surface area contributed by atoms with Crippen LogP contribution in [0.15, 0.2) is 36.6 Å². The van der Waals surface area contributed by atoms with Gasteiger partial charge >= 0.3 is 0 Å². The quantitative estimate of drug-likeness (QED) is 0.354. The molecule has 0 saturated carbocycles. The van der Waals surface area contributed by atoms with Crippen LogP contribution in [-0.4, -0.2) is 19.3 Å². The molecule has 1 aliphatic rings. The van der Waals surface area contributed by atoms with Gasteiger partial charge < -0.3 is 9.47 Å². The van der Waals surface area contributed by atoms with Crippen molar-refractivity contribution in [2.75, 3.05) is 13.2 Å². The van der Waals surface area contributed by atoms with Crippen molar-refractivity contribution in [2.45, 2.75) is 13.0 Å². The summed E-state index contributed by atoms with van der Waals surface area (Å²) in [4.78, 5) is 0. The predicted molar refractivity (Wildman–Crippen MR) is 48.8 cm³/mol. The molecule has 0 aromatic rings. The predicted octanol–water partition coefficient (Wildman–Crippen LogP) is 2.05. The van der Waals surface area contributed by atoms with Crippen molar-refractivity contribution < 1.29 is 9.47 Å². The van der Waals surface area contributed by atoms with E-state index in [1.807, 2.05) is 25.2 Å². The molecule has 0 amide bonds. The lowest BCUT2D eigenvalue weighted by atomic mass is 10.4. The van der Waals surface area contributed by atoms with Crippen molar-refractivity contribution >= 4 is 0 Å². The zero-order valence-corrected chi connectivity index (χ0v) is 7.32. The number of ether oxygens (including phenoxy) is 2. The summed E-state index contributed by atoms with van der Waals surface area (Å²) < 4.78 is 10.4. The molecule has 1 aliphatic heterocycles. The van der Waals surface area contributed by atoms with Crippen LogP contribution in [0.1, 0.15) is 6.92 Å². The highest BCUT2D eigenvalue weighted by Gasteiger charge is 2.22. The van der Waals surface area contributed by atoms with E-state index in [2.05, 4.69) is 6.58 Å². The molecule has 0 aromatic carbocycles. The maximum absolute atomic E-state index is 5.38. The fraction of sp³-hybridized carbons (Fsp3) is 0.400. The standard InChI is InChI=1S/C10H14O2/c1-3-5-6-9(4-2)11-7-10-8-12-10/h3-6,10H,2,7-8H2,1H3/b5-3-,9-6+. The Bertz CT molecular complexity index is 200. The first-order chi connectivity index (χ1) is 5.86. The van der Waals surface area contributed by atoms with Crippen molar-refractivity contribution in [3.63, 3.8) is 0 Å². The van der Waals surface area contributed by atoms with E-state index in [9.17, 15) is 0 Å². The highest BCUT2D eigenvalue weighted by molar-refractivity contribution is 5.16. The second kappa shape index (κ2) is 4.78. The summed E-state index contributed by atoms with van der Waals surface area (Å²) >= 11 is 0. The van der Waals surface area contributed by atoms with Gasteiger partial charge in [-0.1, -0.05) is 18.7 Å². The number of epoxide rings is 1. The molecule has 1 heterocycles. The van der Waals surface area contributed by atoms with Crippen molar-refractivity contribution in [3.05, 3.63) is 36.6 Å². The topological polar surface area (TPSA) is 21.8 Å². The largest absolute Gasteiger partial charge is 0.491 e. The lowest BCUT2D eigenvalue weighted by Crippen LogP contribution is -1.99. The van der Waals surface area contributed by atoms with E-state index in [4.69, 9.17) is 9.47 Å². The second-order valence-electron chi connectivity index (χ2n) is 2.57. The SMILES string of the molecule is C=C/C(=C\C=C/C)OCC1CO1. The molecule has 0 aromatic heterocycles. The smallest absolute Gasteiger partial charge is 0.118 e. The molecular weight excluding hydrogens is 152 g/mol. The Morgan fingerprint density at radius 3 is 3.00 bits per heavy atom. The molecule has 12 heavy (non-hydrogen) atoms. The van der Waals surface area contributed by atoms with Crippen LogP contribution in [0.2, 0.25) is 0 Å². The van der Waals surface area contributed by atoms with Crippen molar-refractivity contribution in [1.82, 2.24) is 0 Å². The molecule has 1 rings (SSSR count). The van der Waals surface area contributed by atoms with E-state index < -0.39 is 0 Å². The molecule has 1 fully saturated rings. The van der Waals surface area contributed by atoms with Crippen LogP contribution in [0.5, 0.6) is 0 Å². The summed E-state index contributed by atoms with van der Waals surface area (Å²) in [5.41, 5.74) is 0. The van der Waals surface area contributed by atoms with E-state index in [-0.39, 0.29) is 0 Å². The number of allylic oxidation sites excluding steroid dienone is 4. The van der Waals surface area contributed by atoms with Crippen LogP contribution in [0, 0.1) is 0 Å². The summed E-state index contributed by atoms with van der Waals surface area (Å²) in [5.74, 6) is 0.795. The van der Waals surface area contributed by atoms with Gasteiger partial charge in [-0.25, -0.2) is 0 Å². The lowest BCUT2D eigenvalue weighted by molar-refractivity contribution is 0.193. The average molecular weight is 166 g/mol. The van der Waals surface area contributed by atoms with Crippen molar-refractivity contribution in [3.8, 4) is 0 Å². The molecule has 0 N–H and O–H groups in total. The average Bonchev–Trinajstić information content (AvgIpc) is 2.89. The fourth-order valence-electron chi connectivity index (χ4n) is 0.720. The van der Waals surface area contributed by atoms with E-state index in [1.54, 1.807) is 6.08 Å². The first kappa shape index (κ1) is 9.07. The van der Waals surface area contributed by atoms with E-state index in [0.29, 0.717) is 12.7 Å². The van der Waals surface area contributed by atoms with Gasteiger partial charge in [0.25, 0.3) is 0 Å². The third kappa shape index (κ3) is 3.39. The van der Waals surface area contributed by atoms with Gasteiger partial charge in [0.2, 0.25) is 0 Å². The minimum absolute atomic E-state index is 0.305. The maximum Gasteiger partial charge on any atom is 0.118 e. The van der Waals surface area contributed by atoms with Gasteiger partial charge in [0.05, 0.1) is 6.61 Å². The van der Waals surface area contributed by atoms with Gasteiger partial charge in [-0.15, -0.1) is 0 Å². The lowest BCUT2D eigenvalue weighted by Gasteiger charge is -2.02. The first-order valence-corrected chi connectivity index (χ1v) is 4.06. The fourth-order valence-corrected chi connectivity index (χ4v) is 0.720. The van der Waals surface area contributed by atoms with Gasteiger partial charge in [-0.3, -0.25) is 0 Å². The Kier molecular flexibility index (Phi) is 3.61. The summed E-state index contributed by atoms with van der Waals surface area (Å²) in [6.07, 6.45) is 7.75. The van der Waals surface area contributed by atoms with Gasteiger partial charge in [0.15, 0.2) is 0 Å². The minimum atomic E-state index is 0.305. The molecular formula is C10H14O2. The summed E-state index contributed by atoms with van der Waals surface area (Å²) in [6, 6.07) is 0. The molecule has 2 heteroatoms. The Morgan fingerprint density at radius 1 is 1.75 bits per heavy atom. The first-order valence-electron chi connectivity index (χ1n) is 4.06. The molecule has 0 bridgehead atoms. The maximum atomic E-state index is 5.38. The third-order valence-electron chi connectivity index (χ3n) is 1.49. The molecule has 1 unspecified atom stereocenters. The Labute approximate surface area is 73.2 Å². The van der Waals surface area contributed by atoms with E-state index in [0.717, 1.165) is 12.4 Å². The van der Waals surface area contributed by atoms with E-state index in [1.165, 1.54) is 0 Å². The Hall–Kier alpha value is -1.02. The summed E-state index contributed by atoms with van der Waals surface area (Å²) in [7, 11) is 0. The highest BCUT2D eigenvalue weighted by Crippen LogP contribution is 2.11. The molecule has 0 radical (unpaired) electrons. The Balaban J connectivity index is 2.27. The van der Waals surface area contributed by atoms with Crippen LogP contribution in [0.4, 0.5) is 0 Å². The van der Waals surface area contributed by atoms with Gasteiger partial charge in [0.1, 0.15) is 18.5 Å². The van der Waals surface area contributed by atoms with Gasteiger partial charge in [0, 0.05) is 0 Å². The zero-order chi connectivity index (χ0) is 8.81. The minimum Gasteiger partial charge on any atom is -0.491 e. The van der Waals surface area contributed by atoms with Gasteiger partial charge in [-0.2, -0.15) is 0 Å². The third-order valence-corrected chi connectivity index (χ3v) is 1.49. The van der Waals surface area contributed by atoms with Crippen LogP contribution in [-0.2, 0) is 9.47 Å². The molecule has 1 saturated heterocycles. The molecule has 66 valence electrons. The molecule has 2 nitrogen and oxygen atoms in total. The Morgan fingerprint density at radius 2 is 2.50 bits per heavy atom. The normalized spacial score (nSPS) is 22.8. The summed E-state index contributed by atoms with van der Waals surface area (Å²) in [6.45, 7) is 7.07. The van der Waals surface area contributed by atoms with E-state index >= 15 is 0 Å². The zero-order valence-electron chi connectivity index (χ0n) is 7.32. The molecule has 0 spiro atoms. The summed E-state index contributed by atoms with van der Waals surface area (Å²) in [5, 5.41) is 0. The number of hydrogen-bond acceptors (Lipinski definition) is 2. The molecule has 1 atom stereocenters. The van der Waals surface area contributed by atoms with Crippen LogP contribution < -0.4 is 0 Å². The second-order valence-corrected chi connectivity index (χ2v) is 2.57. The molecule has 0 aliphatic carbocycles. The monoisotopic (exact) mass is 166 g/mol. The highest BCUT2D eigenvalue weighted by atomic mass is 16.6. The van der Waals surface area contributed by atoms with Crippen LogP contribution >= 0.6 is 0 Å².